The van der Waals surface area contributed by atoms with Crippen LogP contribution in [-0.2, 0) is 19.5 Å². The fourth-order valence-electron chi connectivity index (χ4n) is 0. The number of hydrogen-bond acceptors (Lipinski definition) is 2. The van der Waals surface area contributed by atoms with Gasteiger partial charge in [0.05, 0.1) is 0 Å². The standard InChI is InChI=1S/2C3H7O.Zn/c2*1-3(2)4;/h2*3H,1-2H3;/q2*-1;+2. The van der Waals surface area contributed by atoms with E-state index in [4.69, 9.17) is 0 Å². The van der Waals surface area contributed by atoms with Crippen LogP contribution in [0.4, 0.5) is 0 Å². The van der Waals surface area contributed by atoms with Crippen molar-refractivity contribution in [1.82, 2.24) is 0 Å². The minimum Gasteiger partial charge on any atom is -0.852 e. The van der Waals surface area contributed by atoms with Gasteiger partial charge >= 0.3 is 19.5 Å². The molecule has 0 fully saturated rings. The van der Waals surface area contributed by atoms with Gasteiger partial charge < -0.3 is 10.2 Å². The molecule has 3 heteroatoms. The summed E-state index contributed by atoms with van der Waals surface area (Å²) in [4.78, 5) is 0. The van der Waals surface area contributed by atoms with Crippen molar-refractivity contribution in [3.05, 3.63) is 0 Å². The van der Waals surface area contributed by atoms with E-state index in [2.05, 4.69) is 0 Å². The predicted octanol–water partition coefficient (Wildman–Crippen LogP) is -0.492. The van der Waals surface area contributed by atoms with Crippen LogP contribution in [0.15, 0.2) is 0 Å². The van der Waals surface area contributed by atoms with E-state index >= 15 is 0 Å². The van der Waals surface area contributed by atoms with Gasteiger partial charge in [-0.2, -0.15) is 0 Å². The average molecular weight is 184 g/mol. The van der Waals surface area contributed by atoms with Gasteiger partial charge in [-0.15, -0.1) is 12.2 Å². The summed E-state index contributed by atoms with van der Waals surface area (Å²) in [6.07, 6.45) is -0.833. The number of hydrogen-bond donors (Lipinski definition) is 0. The molecule has 0 rings (SSSR count). The summed E-state index contributed by atoms with van der Waals surface area (Å²) in [6, 6.07) is 0. The van der Waals surface area contributed by atoms with Gasteiger partial charge in [-0.25, -0.2) is 0 Å². The first-order valence-electron chi connectivity index (χ1n) is 2.78. The molecule has 0 unspecified atom stereocenters. The fourth-order valence-corrected chi connectivity index (χ4v) is 0. The largest absolute Gasteiger partial charge is 2.00 e. The minimum atomic E-state index is -0.417. The Morgan fingerprint density at radius 2 is 0.778 bits per heavy atom. The smallest absolute Gasteiger partial charge is 0.852 e. The summed E-state index contributed by atoms with van der Waals surface area (Å²) >= 11 is 0. The van der Waals surface area contributed by atoms with Gasteiger partial charge in [-0.3, -0.25) is 0 Å². The third kappa shape index (κ3) is 1240. The van der Waals surface area contributed by atoms with Crippen LogP contribution in [0, 0.1) is 0 Å². The topological polar surface area (TPSA) is 46.1 Å². The van der Waals surface area contributed by atoms with Crippen molar-refractivity contribution in [2.24, 2.45) is 0 Å². The Labute approximate surface area is 70.0 Å². The van der Waals surface area contributed by atoms with Crippen molar-refractivity contribution in [3.8, 4) is 0 Å². The molecule has 0 radical (unpaired) electrons. The molecular weight excluding hydrogens is 169 g/mol. The summed E-state index contributed by atoms with van der Waals surface area (Å²) < 4.78 is 0. The molecule has 9 heavy (non-hydrogen) atoms. The molecule has 0 aromatic heterocycles. The molecule has 0 spiro atoms. The van der Waals surface area contributed by atoms with Gasteiger partial charge in [0.1, 0.15) is 0 Å². The molecule has 0 aliphatic heterocycles. The first-order valence-corrected chi connectivity index (χ1v) is 2.78. The molecule has 0 aromatic carbocycles. The zero-order chi connectivity index (χ0) is 7.15. The van der Waals surface area contributed by atoms with Gasteiger partial charge in [-0.1, -0.05) is 27.7 Å². The summed E-state index contributed by atoms with van der Waals surface area (Å²) in [5.74, 6) is 0. The van der Waals surface area contributed by atoms with E-state index in [0.717, 1.165) is 0 Å². The Balaban J connectivity index is -0.0000000720. The average Bonchev–Trinajstić information content (AvgIpc) is 1.25. The van der Waals surface area contributed by atoms with Gasteiger partial charge in [0, 0.05) is 0 Å². The van der Waals surface area contributed by atoms with Crippen molar-refractivity contribution in [3.63, 3.8) is 0 Å². The molecule has 0 saturated carbocycles. The van der Waals surface area contributed by atoms with E-state index < -0.39 is 12.2 Å². The second kappa shape index (κ2) is 11.4. The number of rotatable bonds is 0. The van der Waals surface area contributed by atoms with E-state index in [1.54, 1.807) is 27.7 Å². The maximum atomic E-state index is 9.53. The molecule has 0 bridgehead atoms. The van der Waals surface area contributed by atoms with E-state index in [1.807, 2.05) is 0 Å². The van der Waals surface area contributed by atoms with Crippen molar-refractivity contribution < 1.29 is 29.7 Å². The van der Waals surface area contributed by atoms with Crippen LogP contribution < -0.4 is 10.2 Å². The molecule has 0 atom stereocenters. The quantitative estimate of drug-likeness (QED) is 0.476. The van der Waals surface area contributed by atoms with Gasteiger partial charge in [0.15, 0.2) is 0 Å². The van der Waals surface area contributed by atoms with Crippen molar-refractivity contribution in [2.45, 2.75) is 39.9 Å². The van der Waals surface area contributed by atoms with E-state index in [1.165, 1.54) is 0 Å². The Kier molecular flexibility index (Phi) is 20.5. The molecule has 0 aliphatic carbocycles. The van der Waals surface area contributed by atoms with Crippen LogP contribution in [0.25, 0.3) is 0 Å². The van der Waals surface area contributed by atoms with E-state index in [0.29, 0.717) is 0 Å². The van der Waals surface area contributed by atoms with Crippen LogP contribution in [0.1, 0.15) is 27.7 Å². The van der Waals surface area contributed by atoms with Gasteiger partial charge in [0.25, 0.3) is 0 Å². The first kappa shape index (κ1) is 16.3. The summed E-state index contributed by atoms with van der Waals surface area (Å²) in [5, 5.41) is 19.1. The Bertz CT molecular complexity index is 26.5. The van der Waals surface area contributed by atoms with Crippen molar-refractivity contribution in [1.29, 1.82) is 0 Å². The normalized spacial score (nSPS) is 8.00. The third-order valence-corrected chi connectivity index (χ3v) is 0. The Hall–Kier alpha value is 0.543. The molecule has 0 saturated heterocycles. The second-order valence-electron chi connectivity index (χ2n) is 2.10. The van der Waals surface area contributed by atoms with Crippen LogP contribution >= 0.6 is 0 Å². The summed E-state index contributed by atoms with van der Waals surface area (Å²) in [5.41, 5.74) is 0. The van der Waals surface area contributed by atoms with Gasteiger partial charge in [0.2, 0.25) is 0 Å². The Morgan fingerprint density at radius 1 is 0.778 bits per heavy atom. The van der Waals surface area contributed by atoms with Crippen molar-refractivity contribution >= 4 is 0 Å². The van der Waals surface area contributed by atoms with Crippen LogP contribution in [-0.4, -0.2) is 12.2 Å². The Morgan fingerprint density at radius 3 is 0.778 bits per heavy atom. The van der Waals surface area contributed by atoms with E-state index in [9.17, 15) is 10.2 Å². The fraction of sp³-hybridized carbons (Fsp3) is 1.00. The minimum absolute atomic E-state index is 0. The molecular formula is C6H14O2Zn. The molecule has 0 aliphatic rings. The monoisotopic (exact) mass is 182 g/mol. The molecule has 0 aromatic rings. The zero-order valence-corrected chi connectivity index (χ0v) is 9.65. The molecule has 0 amide bonds. The predicted molar refractivity (Wildman–Crippen MR) is 30.3 cm³/mol. The molecule has 52 valence electrons. The SMILES string of the molecule is CC(C)[O-].CC(C)[O-].[Zn+2]. The maximum absolute atomic E-state index is 9.53. The van der Waals surface area contributed by atoms with Gasteiger partial charge in [-0.05, 0) is 0 Å². The third-order valence-electron chi connectivity index (χ3n) is 0. The summed E-state index contributed by atoms with van der Waals surface area (Å²) in [6.45, 7) is 6.44. The van der Waals surface area contributed by atoms with E-state index in [-0.39, 0.29) is 19.5 Å². The second-order valence-corrected chi connectivity index (χ2v) is 2.10. The molecule has 0 N–H and O–H groups in total. The summed E-state index contributed by atoms with van der Waals surface area (Å²) in [7, 11) is 0. The zero-order valence-electron chi connectivity index (χ0n) is 6.68. The van der Waals surface area contributed by atoms with Crippen LogP contribution in [0.5, 0.6) is 0 Å². The molecule has 0 heterocycles. The maximum Gasteiger partial charge on any atom is 2.00 e. The molecule has 2 nitrogen and oxygen atoms in total. The van der Waals surface area contributed by atoms with Crippen LogP contribution in [0.3, 0.4) is 0 Å². The first-order chi connectivity index (χ1) is 3.46. The van der Waals surface area contributed by atoms with Crippen LogP contribution in [0.2, 0.25) is 0 Å². The van der Waals surface area contributed by atoms with Crippen molar-refractivity contribution in [2.75, 3.05) is 0 Å².